The monoisotopic (exact) mass is 277 g/mol. The Bertz CT molecular complexity index is 531. The summed E-state index contributed by atoms with van der Waals surface area (Å²) in [6.45, 7) is 0.709. The molecule has 1 amide bonds. The summed E-state index contributed by atoms with van der Waals surface area (Å²) in [4.78, 5) is 13.9. The smallest absolute Gasteiger partial charge is 0.256 e. The maximum Gasteiger partial charge on any atom is 0.256 e. The first-order valence-electron chi connectivity index (χ1n) is 7.28. The zero-order valence-corrected chi connectivity index (χ0v) is 11.7. The van der Waals surface area contributed by atoms with Crippen LogP contribution in [0.15, 0.2) is 18.2 Å². The molecule has 0 heterocycles. The van der Waals surface area contributed by atoms with Gasteiger partial charge in [-0.2, -0.15) is 0 Å². The van der Waals surface area contributed by atoms with E-state index in [0.29, 0.717) is 12.5 Å². The first kappa shape index (κ1) is 13.4. The van der Waals surface area contributed by atoms with Gasteiger partial charge in [-0.3, -0.25) is 4.79 Å². The molecule has 20 heavy (non-hydrogen) atoms. The van der Waals surface area contributed by atoms with Crippen LogP contribution in [0.4, 0.5) is 4.39 Å². The molecule has 4 heteroatoms. The second-order valence-corrected chi connectivity index (χ2v) is 6.28. The van der Waals surface area contributed by atoms with Gasteiger partial charge in [0, 0.05) is 19.7 Å². The molecule has 3 nitrogen and oxygen atoms in total. The van der Waals surface area contributed by atoms with Crippen LogP contribution in [-0.2, 0) is 0 Å². The van der Waals surface area contributed by atoms with Crippen LogP contribution >= 0.6 is 0 Å². The number of benzene rings is 1. The summed E-state index contributed by atoms with van der Waals surface area (Å²) in [7, 11) is 1.74. The van der Waals surface area contributed by atoms with E-state index in [4.69, 9.17) is 0 Å². The molecule has 3 atom stereocenters. The number of phenolic OH excluding ortho intramolecular Hbond substituents is 1. The molecule has 2 aliphatic rings. The van der Waals surface area contributed by atoms with Crippen LogP contribution in [0.2, 0.25) is 0 Å². The molecule has 2 saturated carbocycles. The molecular formula is C16H20FNO2. The summed E-state index contributed by atoms with van der Waals surface area (Å²) < 4.78 is 13.7. The van der Waals surface area contributed by atoms with Crippen molar-refractivity contribution in [3.63, 3.8) is 0 Å². The minimum atomic E-state index is -0.658. The number of amides is 1. The SMILES string of the molecule is CN(CC1CC2CCC1C2)C(=O)c1ccc(O)cc1F. The predicted octanol–water partition coefficient (Wildman–Crippen LogP) is 3.04. The fourth-order valence-electron chi connectivity index (χ4n) is 3.92. The van der Waals surface area contributed by atoms with E-state index in [-0.39, 0.29) is 17.2 Å². The van der Waals surface area contributed by atoms with E-state index >= 15 is 0 Å². The number of hydrogen-bond acceptors (Lipinski definition) is 2. The molecular weight excluding hydrogens is 257 g/mol. The van der Waals surface area contributed by atoms with Gasteiger partial charge in [-0.1, -0.05) is 6.42 Å². The lowest BCUT2D eigenvalue weighted by Crippen LogP contribution is -2.34. The molecule has 2 aliphatic carbocycles. The molecule has 0 radical (unpaired) electrons. The van der Waals surface area contributed by atoms with Crippen molar-refractivity contribution >= 4 is 5.91 Å². The van der Waals surface area contributed by atoms with E-state index in [1.807, 2.05) is 0 Å². The van der Waals surface area contributed by atoms with Gasteiger partial charge in [0.15, 0.2) is 0 Å². The van der Waals surface area contributed by atoms with Crippen LogP contribution in [0.1, 0.15) is 36.0 Å². The highest BCUT2D eigenvalue weighted by atomic mass is 19.1. The number of halogens is 1. The molecule has 2 fully saturated rings. The van der Waals surface area contributed by atoms with Gasteiger partial charge in [-0.05, 0) is 49.1 Å². The number of hydrogen-bond donors (Lipinski definition) is 1. The third-order valence-corrected chi connectivity index (χ3v) is 4.92. The maximum atomic E-state index is 13.7. The second-order valence-electron chi connectivity index (χ2n) is 6.28. The summed E-state index contributed by atoms with van der Waals surface area (Å²) >= 11 is 0. The van der Waals surface area contributed by atoms with Crippen molar-refractivity contribution in [1.82, 2.24) is 4.90 Å². The Balaban J connectivity index is 1.67. The fourth-order valence-corrected chi connectivity index (χ4v) is 3.92. The standard InChI is InChI=1S/C16H20FNO2/c1-18(9-12-7-10-2-3-11(12)6-10)16(20)14-5-4-13(19)8-15(14)17/h4-5,8,10-12,19H,2-3,6-7,9H2,1H3. The molecule has 1 aromatic rings. The van der Waals surface area contributed by atoms with Gasteiger partial charge in [0.1, 0.15) is 11.6 Å². The number of rotatable bonds is 3. The predicted molar refractivity (Wildman–Crippen MR) is 74.0 cm³/mol. The number of carbonyl (C=O) groups excluding carboxylic acids is 1. The quantitative estimate of drug-likeness (QED) is 0.922. The molecule has 0 saturated heterocycles. The Hall–Kier alpha value is -1.58. The molecule has 1 N–H and O–H groups in total. The lowest BCUT2D eigenvalue weighted by molar-refractivity contribution is 0.0749. The largest absolute Gasteiger partial charge is 0.508 e. The molecule has 1 aromatic carbocycles. The molecule has 2 bridgehead atoms. The van der Waals surface area contributed by atoms with Crippen LogP contribution in [-0.4, -0.2) is 29.5 Å². The summed E-state index contributed by atoms with van der Waals surface area (Å²) in [6, 6.07) is 3.69. The van der Waals surface area contributed by atoms with Crippen LogP contribution < -0.4 is 0 Å². The average Bonchev–Trinajstić information content (AvgIpc) is 3.00. The number of fused-ring (bicyclic) bond motifs is 2. The van der Waals surface area contributed by atoms with Crippen LogP contribution in [0.3, 0.4) is 0 Å². The van der Waals surface area contributed by atoms with E-state index in [2.05, 4.69) is 0 Å². The van der Waals surface area contributed by atoms with Crippen LogP contribution in [0.25, 0.3) is 0 Å². The van der Waals surface area contributed by atoms with E-state index in [0.717, 1.165) is 17.9 Å². The third-order valence-electron chi connectivity index (χ3n) is 4.92. The summed E-state index contributed by atoms with van der Waals surface area (Å²) in [6.07, 6.45) is 5.14. The van der Waals surface area contributed by atoms with E-state index in [1.54, 1.807) is 11.9 Å². The molecule has 0 aromatic heterocycles. The van der Waals surface area contributed by atoms with E-state index < -0.39 is 5.82 Å². The summed E-state index contributed by atoms with van der Waals surface area (Å²) in [5, 5.41) is 9.19. The highest BCUT2D eigenvalue weighted by Gasteiger charge is 2.40. The minimum absolute atomic E-state index is 0.0356. The van der Waals surface area contributed by atoms with Crippen molar-refractivity contribution in [2.45, 2.75) is 25.7 Å². The molecule has 3 unspecified atom stereocenters. The molecule has 0 aliphatic heterocycles. The minimum Gasteiger partial charge on any atom is -0.508 e. The topological polar surface area (TPSA) is 40.5 Å². The molecule has 3 rings (SSSR count). The Morgan fingerprint density at radius 1 is 1.40 bits per heavy atom. The van der Waals surface area contributed by atoms with Crippen molar-refractivity contribution in [3.05, 3.63) is 29.6 Å². The van der Waals surface area contributed by atoms with Gasteiger partial charge < -0.3 is 10.0 Å². The van der Waals surface area contributed by atoms with Crippen molar-refractivity contribution in [2.24, 2.45) is 17.8 Å². The Labute approximate surface area is 118 Å². The normalized spacial score (nSPS) is 27.8. The fraction of sp³-hybridized carbons (Fsp3) is 0.562. The zero-order valence-electron chi connectivity index (χ0n) is 11.7. The van der Waals surface area contributed by atoms with Crippen molar-refractivity contribution in [1.29, 1.82) is 0 Å². The van der Waals surface area contributed by atoms with Crippen molar-refractivity contribution in [3.8, 4) is 5.75 Å². The van der Waals surface area contributed by atoms with Gasteiger partial charge in [-0.25, -0.2) is 4.39 Å². The highest BCUT2D eigenvalue weighted by Crippen LogP contribution is 2.48. The Morgan fingerprint density at radius 2 is 2.20 bits per heavy atom. The van der Waals surface area contributed by atoms with Gasteiger partial charge in [0.2, 0.25) is 0 Å². The maximum absolute atomic E-state index is 13.7. The van der Waals surface area contributed by atoms with E-state index in [1.165, 1.54) is 37.8 Å². The van der Waals surface area contributed by atoms with Crippen LogP contribution in [0, 0.1) is 23.6 Å². The number of phenols is 1. The van der Waals surface area contributed by atoms with Gasteiger partial charge in [-0.15, -0.1) is 0 Å². The van der Waals surface area contributed by atoms with Crippen molar-refractivity contribution < 1.29 is 14.3 Å². The first-order chi connectivity index (χ1) is 9.54. The molecule has 0 spiro atoms. The second kappa shape index (κ2) is 5.08. The molecule has 108 valence electrons. The van der Waals surface area contributed by atoms with Gasteiger partial charge in [0.05, 0.1) is 5.56 Å². The van der Waals surface area contributed by atoms with E-state index in [9.17, 15) is 14.3 Å². The van der Waals surface area contributed by atoms with Gasteiger partial charge in [0.25, 0.3) is 5.91 Å². The summed E-state index contributed by atoms with van der Waals surface area (Å²) in [5.41, 5.74) is 0.0356. The van der Waals surface area contributed by atoms with Crippen LogP contribution in [0.5, 0.6) is 5.75 Å². The third kappa shape index (κ3) is 2.39. The van der Waals surface area contributed by atoms with Gasteiger partial charge >= 0.3 is 0 Å². The van der Waals surface area contributed by atoms with Crippen molar-refractivity contribution in [2.75, 3.05) is 13.6 Å². The highest BCUT2D eigenvalue weighted by molar-refractivity contribution is 5.94. The Kier molecular flexibility index (Phi) is 3.40. The first-order valence-corrected chi connectivity index (χ1v) is 7.28. The Morgan fingerprint density at radius 3 is 2.80 bits per heavy atom. The lowest BCUT2D eigenvalue weighted by atomic mass is 9.88. The zero-order chi connectivity index (χ0) is 14.3. The lowest BCUT2D eigenvalue weighted by Gasteiger charge is -2.27. The summed E-state index contributed by atoms with van der Waals surface area (Å²) in [5.74, 6) is 1.05. The number of carbonyl (C=O) groups is 1. The number of aromatic hydroxyl groups is 1. The number of nitrogens with zero attached hydrogens (tertiary/aromatic N) is 1. The average molecular weight is 277 g/mol.